The second-order valence-corrected chi connectivity index (χ2v) is 7.61. The first-order valence-corrected chi connectivity index (χ1v) is 8.66. The molecule has 2 N–H and O–H groups in total. The predicted octanol–water partition coefficient (Wildman–Crippen LogP) is 2.02. The molecule has 0 aliphatic carbocycles. The largest absolute Gasteiger partial charge is 0.347 e. The summed E-state index contributed by atoms with van der Waals surface area (Å²) < 4.78 is 29.5. The van der Waals surface area contributed by atoms with Gasteiger partial charge in [0.15, 0.2) is 0 Å². The van der Waals surface area contributed by atoms with Crippen molar-refractivity contribution in [3.8, 4) is 0 Å². The summed E-state index contributed by atoms with van der Waals surface area (Å²) >= 11 is 0. The van der Waals surface area contributed by atoms with Crippen molar-refractivity contribution in [3.05, 3.63) is 30.0 Å². The van der Waals surface area contributed by atoms with E-state index in [4.69, 9.17) is 5.73 Å². The zero-order chi connectivity index (χ0) is 15.2. The number of nitrogens with two attached hydrogens (primary N) is 1. The summed E-state index contributed by atoms with van der Waals surface area (Å²) in [5.74, 6) is 0. The normalized spacial score (nSPS) is 17.6. The molecule has 22 heavy (non-hydrogen) atoms. The summed E-state index contributed by atoms with van der Waals surface area (Å²) in [4.78, 5) is 0.441. The molecule has 2 aromatic rings. The minimum atomic E-state index is -3.46. The Morgan fingerprint density at radius 2 is 1.77 bits per heavy atom. The average Bonchev–Trinajstić information content (AvgIpc) is 2.72. The number of fused-ring (bicyclic) bond motifs is 1. The van der Waals surface area contributed by atoms with Crippen LogP contribution in [0.15, 0.2) is 29.2 Å². The van der Waals surface area contributed by atoms with Crippen molar-refractivity contribution in [2.75, 3.05) is 13.1 Å². The quantitative estimate of drug-likeness (QED) is 0.907. The average molecular weight is 344 g/mol. The smallest absolute Gasteiger partial charge is 0.245 e. The molecule has 1 aromatic heterocycles. The van der Waals surface area contributed by atoms with Crippen molar-refractivity contribution in [1.82, 2.24) is 8.87 Å². The topological polar surface area (TPSA) is 68.3 Å². The molecule has 122 valence electrons. The Labute approximate surface area is 137 Å². The molecule has 0 unspecified atom stereocenters. The molecule has 5 nitrogen and oxygen atoms in total. The summed E-state index contributed by atoms with van der Waals surface area (Å²) in [6.45, 7) is 2.88. The second kappa shape index (κ2) is 6.20. The van der Waals surface area contributed by atoms with E-state index in [1.54, 1.807) is 4.31 Å². The number of halogens is 1. The van der Waals surface area contributed by atoms with Crippen LogP contribution >= 0.6 is 12.4 Å². The van der Waals surface area contributed by atoms with Gasteiger partial charge in [-0.2, -0.15) is 4.31 Å². The van der Waals surface area contributed by atoms with Crippen LogP contribution in [0.1, 0.15) is 18.5 Å². The summed E-state index contributed by atoms with van der Waals surface area (Å²) in [5, 5.41) is 0.798. The number of benzene rings is 1. The van der Waals surface area contributed by atoms with Gasteiger partial charge in [0.1, 0.15) is 4.90 Å². The Hall–Kier alpha value is -1.08. The van der Waals surface area contributed by atoms with Gasteiger partial charge in [-0.15, -0.1) is 12.4 Å². The lowest BCUT2D eigenvalue weighted by molar-refractivity contribution is 0.320. The molecule has 0 bridgehead atoms. The van der Waals surface area contributed by atoms with Gasteiger partial charge >= 0.3 is 0 Å². The van der Waals surface area contributed by atoms with E-state index in [1.807, 2.05) is 42.8 Å². The van der Waals surface area contributed by atoms with E-state index in [2.05, 4.69) is 0 Å². The Kier molecular flexibility index (Phi) is 4.87. The fourth-order valence-corrected chi connectivity index (χ4v) is 4.97. The van der Waals surface area contributed by atoms with Crippen molar-refractivity contribution < 1.29 is 8.42 Å². The zero-order valence-electron chi connectivity index (χ0n) is 12.8. The Morgan fingerprint density at radius 1 is 1.18 bits per heavy atom. The third-order valence-corrected chi connectivity index (χ3v) is 6.51. The van der Waals surface area contributed by atoms with E-state index in [0.717, 1.165) is 29.4 Å². The summed E-state index contributed by atoms with van der Waals surface area (Å²) in [5.41, 5.74) is 7.61. The van der Waals surface area contributed by atoms with Gasteiger partial charge in [-0.25, -0.2) is 8.42 Å². The maximum Gasteiger partial charge on any atom is 0.245 e. The van der Waals surface area contributed by atoms with Crippen molar-refractivity contribution in [3.63, 3.8) is 0 Å². The van der Waals surface area contributed by atoms with Crippen LogP contribution in [0.2, 0.25) is 0 Å². The molecule has 7 heteroatoms. The van der Waals surface area contributed by atoms with Crippen LogP contribution in [0.5, 0.6) is 0 Å². The number of para-hydroxylation sites is 1. The second-order valence-electron chi connectivity index (χ2n) is 5.73. The molecule has 0 atom stereocenters. The number of piperidine rings is 1. The number of hydrogen-bond acceptors (Lipinski definition) is 3. The number of nitrogens with zero attached hydrogens (tertiary/aromatic N) is 2. The number of aryl methyl sites for hydroxylation is 1. The summed E-state index contributed by atoms with van der Waals surface area (Å²) in [6, 6.07) is 7.76. The van der Waals surface area contributed by atoms with Gasteiger partial charge in [0, 0.05) is 42.8 Å². The Bertz CT molecular complexity index is 777. The molecular formula is C15H22ClN3O2S. The molecule has 3 rings (SSSR count). The monoisotopic (exact) mass is 343 g/mol. The molecule has 0 spiro atoms. The van der Waals surface area contributed by atoms with Crippen LogP contribution in [-0.2, 0) is 17.1 Å². The highest BCUT2D eigenvalue weighted by atomic mass is 35.5. The van der Waals surface area contributed by atoms with Gasteiger partial charge in [-0.1, -0.05) is 18.2 Å². The molecule has 1 aliphatic heterocycles. The van der Waals surface area contributed by atoms with E-state index in [1.165, 1.54) is 0 Å². The highest BCUT2D eigenvalue weighted by molar-refractivity contribution is 7.89. The lowest BCUT2D eigenvalue weighted by Gasteiger charge is -2.29. The van der Waals surface area contributed by atoms with Crippen LogP contribution < -0.4 is 5.73 Å². The van der Waals surface area contributed by atoms with Gasteiger partial charge in [0.25, 0.3) is 0 Å². The van der Waals surface area contributed by atoms with E-state index in [0.29, 0.717) is 18.0 Å². The molecule has 1 fully saturated rings. The van der Waals surface area contributed by atoms with Crippen molar-refractivity contribution in [2.24, 2.45) is 12.8 Å². The van der Waals surface area contributed by atoms with E-state index >= 15 is 0 Å². The fraction of sp³-hybridized carbons (Fsp3) is 0.467. The zero-order valence-corrected chi connectivity index (χ0v) is 14.5. The van der Waals surface area contributed by atoms with Crippen LogP contribution in [-0.4, -0.2) is 36.4 Å². The number of sulfonamides is 1. The third-order valence-electron chi connectivity index (χ3n) is 4.44. The van der Waals surface area contributed by atoms with Crippen molar-refractivity contribution in [1.29, 1.82) is 0 Å². The van der Waals surface area contributed by atoms with E-state index < -0.39 is 10.0 Å². The molecular weight excluding hydrogens is 322 g/mol. The van der Waals surface area contributed by atoms with Crippen LogP contribution in [0.4, 0.5) is 0 Å². The van der Waals surface area contributed by atoms with Crippen LogP contribution in [0.25, 0.3) is 10.9 Å². The molecule has 1 aromatic carbocycles. The van der Waals surface area contributed by atoms with Crippen LogP contribution in [0, 0.1) is 6.92 Å². The lowest BCUT2D eigenvalue weighted by atomic mass is 10.1. The van der Waals surface area contributed by atoms with Crippen molar-refractivity contribution >= 4 is 33.3 Å². The van der Waals surface area contributed by atoms with Gasteiger partial charge < -0.3 is 10.3 Å². The minimum Gasteiger partial charge on any atom is -0.347 e. The van der Waals surface area contributed by atoms with Crippen LogP contribution in [0.3, 0.4) is 0 Å². The highest BCUT2D eigenvalue weighted by Crippen LogP contribution is 2.32. The van der Waals surface area contributed by atoms with Gasteiger partial charge in [0.05, 0.1) is 0 Å². The maximum absolute atomic E-state index is 13.0. The predicted molar refractivity (Wildman–Crippen MR) is 90.9 cm³/mol. The number of rotatable bonds is 2. The first-order chi connectivity index (χ1) is 9.93. The van der Waals surface area contributed by atoms with E-state index in [-0.39, 0.29) is 18.4 Å². The Balaban J connectivity index is 0.00000176. The van der Waals surface area contributed by atoms with Gasteiger partial charge in [-0.3, -0.25) is 0 Å². The first-order valence-electron chi connectivity index (χ1n) is 7.22. The first kappa shape index (κ1) is 17.3. The Morgan fingerprint density at radius 3 is 2.41 bits per heavy atom. The number of aromatic nitrogens is 1. The fourth-order valence-electron chi connectivity index (χ4n) is 3.06. The number of hydrogen-bond donors (Lipinski definition) is 1. The minimum absolute atomic E-state index is 0. The van der Waals surface area contributed by atoms with Gasteiger partial charge in [-0.05, 0) is 25.8 Å². The summed E-state index contributed by atoms with van der Waals surface area (Å²) in [7, 11) is -1.56. The molecule has 0 radical (unpaired) electrons. The van der Waals surface area contributed by atoms with E-state index in [9.17, 15) is 8.42 Å². The molecule has 0 saturated carbocycles. The third kappa shape index (κ3) is 2.65. The van der Waals surface area contributed by atoms with Gasteiger partial charge in [0.2, 0.25) is 10.0 Å². The molecule has 1 aliphatic rings. The standard InChI is InChI=1S/C15H21N3O2S.ClH/c1-11-15(13-5-3-4-6-14(13)17(11)2)21(19,20)18-9-7-12(16)8-10-18;/h3-6,12H,7-10,16H2,1-2H3;1H. The lowest BCUT2D eigenvalue weighted by Crippen LogP contribution is -2.42. The summed E-state index contributed by atoms with van der Waals surface area (Å²) in [6.07, 6.45) is 1.45. The van der Waals surface area contributed by atoms with Crippen molar-refractivity contribution in [2.45, 2.75) is 30.7 Å². The molecule has 1 saturated heterocycles. The molecule has 2 heterocycles. The highest BCUT2D eigenvalue weighted by Gasteiger charge is 2.32. The SMILES string of the molecule is Cc1c(S(=O)(=O)N2CCC(N)CC2)c2ccccc2n1C.Cl. The maximum atomic E-state index is 13.0. The molecule has 0 amide bonds.